The van der Waals surface area contributed by atoms with E-state index in [9.17, 15) is 13.2 Å². The molecule has 9 nitrogen and oxygen atoms in total. The predicted molar refractivity (Wildman–Crippen MR) is 140 cm³/mol. The minimum Gasteiger partial charge on any atom is -0.497 e. The summed E-state index contributed by atoms with van der Waals surface area (Å²) in [5, 5.41) is 3.07. The van der Waals surface area contributed by atoms with Crippen LogP contribution in [0, 0.1) is 6.92 Å². The highest BCUT2D eigenvalue weighted by molar-refractivity contribution is 7.92. The minimum absolute atomic E-state index is 0.00830. The van der Waals surface area contributed by atoms with Gasteiger partial charge < -0.3 is 14.8 Å². The average Bonchev–Trinajstić information content (AvgIpc) is 3.20. The Hall–Kier alpha value is -3.67. The number of carbonyl (C=O) groups is 1. The number of carbonyl (C=O) groups excluding carboxylic acids is 1. The Balaban J connectivity index is 1.53. The second-order valence-electron chi connectivity index (χ2n) is 7.53. The summed E-state index contributed by atoms with van der Waals surface area (Å²) < 4.78 is 39.4. The highest BCUT2D eigenvalue weighted by atomic mass is 35.5. The summed E-state index contributed by atoms with van der Waals surface area (Å²) in [4.78, 5) is 20.5. The molecule has 186 valence electrons. The lowest BCUT2D eigenvalue weighted by Gasteiger charge is -2.11. The van der Waals surface area contributed by atoms with Crippen LogP contribution in [0.25, 0.3) is 10.4 Å². The number of nitrogens with zero attached hydrogens (tertiary/aromatic N) is 2. The zero-order valence-electron chi connectivity index (χ0n) is 19.4. The number of aromatic nitrogens is 2. The van der Waals surface area contributed by atoms with E-state index in [1.165, 1.54) is 36.6 Å². The number of nitrogens with one attached hydrogen (secondary N) is 2. The molecule has 4 aromatic rings. The molecule has 0 bridgehead atoms. The zero-order valence-corrected chi connectivity index (χ0v) is 21.8. The zero-order chi connectivity index (χ0) is 25.9. The van der Waals surface area contributed by atoms with Crippen LogP contribution in [-0.4, -0.2) is 31.4 Å². The van der Waals surface area contributed by atoms with Crippen molar-refractivity contribution >= 4 is 49.7 Å². The molecular weight excluding hydrogens is 524 g/mol. The molecule has 0 saturated carbocycles. The summed E-state index contributed by atoms with van der Waals surface area (Å²) in [5.41, 5.74) is 1.38. The van der Waals surface area contributed by atoms with Crippen LogP contribution in [0.4, 0.5) is 10.8 Å². The Morgan fingerprint density at radius 2 is 1.64 bits per heavy atom. The molecule has 36 heavy (non-hydrogen) atoms. The number of sulfonamides is 1. The molecule has 0 saturated heterocycles. The predicted octanol–water partition coefficient (Wildman–Crippen LogP) is 5.73. The summed E-state index contributed by atoms with van der Waals surface area (Å²) in [6, 6.07) is 14.6. The van der Waals surface area contributed by atoms with Crippen LogP contribution >= 0.6 is 22.9 Å². The van der Waals surface area contributed by atoms with E-state index in [2.05, 4.69) is 20.0 Å². The van der Waals surface area contributed by atoms with Gasteiger partial charge in [-0.15, -0.1) is 0 Å². The summed E-state index contributed by atoms with van der Waals surface area (Å²) in [5.74, 6) is 1.51. The van der Waals surface area contributed by atoms with Crippen molar-refractivity contribution in [3.8, 4) is 27.7 Å². The number of halogens is 1. The van der Waals surface area contributed by atoms with Gasteiger partial charge in [0, 0.05) is 18.7 Å². The molecule has 1 amide bonds. The van der Waals surface area contributed by atoms with Gasteiger partial charge in [-0.25, -0.2) is 18.4 Å². The molecule has 0 radical (unpaired) electrons. The lowest BCUT2D eigenvalue weighted by Crippen LogP contribution is -2.13. The van der Waals surface area contributed by atoms with E-state index in [1.807, 2.05) is 0 Å². The highest BCUT2D eigenvalue weighted by Crippen LogP contribution is 2.36. The third-order valence-electron chi connectivity index (χ3n) is 4.85. The Morgan fingerprint density at radius 1 is 1.03 bits per heavy atom. The first kappa shape index (κ1) is 25.4. The number of ether oxygens (including phenoxy) is 2. The van der Waals surface area contributed by atoms with E-state index < -0.39 is 10.0 Å². The number of thiazole rings is 1. The quantitative estimate of drug-likeness (QED) is 0.272. The Morgan fingerprint density at radius 3 is 2.25 bits per heavy atom. The number of methoxy groups -OCH3 is 1. The maximum absolute atomic E-state index is 13.0. The molecule has 2 heterocycles. The lowest BCUT2D eigenvalue weighted by molar-refractivity contribution is -0.114. The molecule has 2 aromatic heterocycles. The van der Waals surface area contributed by atoms with Crippen molar-refractivity contribution in [1.82, 2.24) is 9.97 Å². The number of hydrogen-bond donors (Lipinski definition) is 2. The maximum atomic E-state index is 13.0. The van der Waals surface area contributed by atoms with Crippen LogP contribution in [0.2, 0.25) is 5.15 Å². The van der Waals surface area contributed by atoms with Crippen LogP contribution in [0.3, 0.4) is 0 Å². The highest BCUT2D eigenvalue weighted by Gasteiger charge is 2.19. The monoisotopic (exact) mass is 544 g/mol. The molecule has 2 N–H and O–H groups in total. The fourth-order valence-corrected chi connectivity index (χ4v) is 5.44. The second kappa shape index (κ2) is 10.5. The molecule has 4 rings (SSSR count). The maximum Gasteiger partial charge on any atom is 0.261 e. The smallest absolute Gasteiger partial charge is 0.261 e. The van der Waals surface area contributed by atoms with Gasteiger partial charge in [0.2, 0.25) is 5.91 Å². The SMILES string of the molecule is COc1ccc(Oc2ccc(S(=O)(=O)Nc3cc(-c4sc(NC(C)=O)nc4C)cnc3Cl)cc2)cc1. The van der Waals surface area contributed by atoms with E-state index in [1.54, 1.807) is 56.5 Å². The third kappa shape index (κ3) is 5.93. The second-order valence-corrected chi connectivity index (χ2v) is 10.6. The number of pyridine rings is 1. The van der Waals surface area contributed by atoms with Crippen LogP contribution < -0.4 is 19.5 Å². The molecule has 2 aromatic carbocycles. The van der Waals surface area contributed by atoms with Gasteiger partial charge in [-0.3, -0.25) is 9.52 Å². The molecule has 0 unspecified atom stereocenters. The first-order valence-corrected chi connectivity index (χ1v) is 13.2. The van der Waals surface area contributed by atoms with Gasteiger partial charge in [0.1, 0.15) is 17.2 Å². The summed E-state index contributed by atoms with van der Waals surface area (Å²) in [7, 11) is -2.39. The number of anilines is 2. The van der Waals surface area contributed by atoms with E-state index in [0.717, 1.165) is 4.88 Å². The van der Waals surface area contributed by atoms with Crippen LogP contribution in [0.5, 0.6) is 17.2 Å². The molecule has 0 fully saturated rings. The van der Waals surface area contributed by atoms with Crippen molar-refractivity contribution in [3.63, 3.8) is 0 Å². The molecule has 0 aliphatic heterocycles. The topological polar surface area (TPSA) is 120 Å². The number of amides is 1. The van der Waals surface area contributed by atoms with Crippen LogP contribution in [0.15, 0.2) is 65.7 Å². The van der Waals surface area contributed by atoms with E-state index in [4.69, 9.17) is 21.1 Å². The van der Waals surface area contributed by atoms with Crippen molar-refractivity contribution in [3.05, 3.63) is 71.6 Å². The summed E-state index contributed by atoms with van der Waals surface area (Å²) >= 11 is 7.44. The standard InChI is InChI=1S/C24H21ClN4O5S2/c1-14-22(35-24(27-14)28-15(2)30)16-12-21(23(25)26-13-16)29-36(31,32)20-10-8-19(9-11-20)34-18-6-4-17(33-3)5-7-18/h4-13,29H,1-3H3,(H,27,28,30). The van der Waals surface area contributed by atoms with Gasteiger partial charge >= 0.3 is 0 Å². The number of aryl methyl sites for hydroxylation is 1. The fraction of sp³-hybridized carbons (Fsp3) is 0.125. The van der Waals surface area contributed by atoms with Crippen molar-refractivity contribution in [2.45, 2.75) is 18.7 Å². The average molecular weight is 545 g/mol. The molecule has 12 heteroatoms. The molecule has 0 spiro atoms. The molecule has 0 aliphatic rings. The first-order valence-electron chi connectivity index (χ1n) is 10.5. The van der Waals surface area contributed by atoms with Gasteiger partial charge in [0.25, 0.3) is 10.0 Å². The molecule has 0 atom stereocenters. The van der Waals surface area contributed by atoms with Crippen LogP contribution in [0.1, 0.15) is 12.6 Å². The van der Waals surface area contributed by atoms with Gasteiger partial charge in [-0.2, -0.15) is 0 Å². The van der Waals surface area contributed by atoms with E-state index in [-0.39, 0.29) is 21.6 Å². The van der Waals surface area contributed by atoms with Gasteiger partial charge in [-0.1, -0.05) is 22.9 Å². The van der Waals surface area contributed by atoms with Crippen molar-refractivity contribution in [2.24, 2.45) is 0 Å². The number of hydrogen-bond acceptors (Lipinski definition) is 8. The third-order valence-corrected chi connectivity index (χ3v) is 7.66. The first-order chi connectivity index (χ1) is 17.1. The summed E-state index contributed by atoms with van der Waals surface area (Å²) in [6.07, 6.45) is 1.52. The molecule has 0 aliphatic carbocycles. The molecular formula is C24H21ClN4O5S2. The Kier molecular flexibility index (Phi) is 7.43. The fourth-order valence-electron chi connectivity index (χ4n) is 3.18. The number of benzene rings is 2. The van der Waals surface area contributed by atoms with Gasteiger partial charge in [-0.05, 0) is 61.5 Å². The Bertz CT molecular complexity index is 1500. The van der Waals surface area contributed by atoms with Crippen LogP contribution in [-0.2, 0) is 14.8 Å². The van der Waals surface area contributed by atoms with Gasteiger partial charge in [0.05, 0.1) is 28.3 Å². The van der Waals surface area contributed by atoms with Crippen molar-refractivity contribution in [2.75, 3.05) is 17.1 Å². The van der Waals surface area contributed by atoms with Crippen molar-refractivity contribution in [1.29, 1.82) is 0 Å². The number of rotatable bonds is 8. The van der Waals surface area contributed by atoms with Crippen molar-refractivity contribution < 1.29 is 22.7 Å². The van der Waals surface area contributed by atoms with Gasteiger partial charge in [0.15, 0.2) is 10.3 Å². The lowest BCUT2D eigenvalue weighted by atomic mass is 10.2. The van der Waals surface area contributed by atoms with E-state index in [0.29, 0.717) is 33.6 Å². The largest absolute Gasteiger partial charge is 0.497 e. The minimum atomic E-state index is -3.97. The normalized spacial score (nSPS) is 11.1. The van der Waals surface area contributed by atoms with E-state index >= 15 is 0 Å². The summed E-state index contributed by atoms with van der Waals surface area (Å²) in [6.45, 7) is 3.18. The Labute approximate surface area is 217 Å².